The summed E-state index contributed by atoms with van der Waals surface area (Å²) < 4.78 is 5.57. The third-order valence-corrected chi connectivity index (χ3v) is 2.05. The second kappa shape index (κ2) is 6.58. The highest BCUT2D eigenvalue weighted by atomic mass is 16.5. The van der Waals surface area contributed by atoms with E-state index in [4.69, 9.17) is 16.2 Å². The van der Waals surface area contributed by atoms with Crippen LogP contribution in [-0.4, -0.2) is 25.2 Å². The molecule has 6 heteroatoms. The van der Waals surface area contributed by atoms with Gasteiger partial charge in [0, 0.05) is 36.6 Å². The number of nitrogens with two attached hydrogens (primary N) is 2. The van der Waals surface area contributed by atoms with Crippen LogP contribution in [0.3, 0.4) is 0 Å². The Morgan fingerprint density at radius 2 is 2.06 bits per heavy atom. The Bertz CT molecular complexity index is 407. The van der Waals surface area contributed by atoms with Crippen LogP contribution in [0.2, 0.25) is 0 Å². The minimum absolute atomic E-state index is 0.0937. The van der Waals surface area contributed by atoms with Crippen LogP contribution in [0, 0.1) is 0 Å². The standard InChI is InChI=1S/C12H20N4O2/c1-8(2)18-11-6-9(13)5-10(7-11)15-3-4-16-12(14)17/h5-8,15H,3-4,13H2,1-2H3,(H3,14,16,17). The van der Waals surface area contributed by atoms with E-state index in [9.17, 15) is 4.79 Å². The number of nitrogens with one attached hydrogen (secondary N) is 2. The van der Waals surface area contributed by atoms with Crippen LogP contribution in [0.25, 0.3) is 0 Å². The number of nitrogen functional groups attached to an aromatic ring is 1. The van der Waals surface area contributed by atoms with Gasteiger partial charge in [-0.3, -0.25) is 0 Å². The van der Waals surface area contributed by atoms with E-state index in [1.54, 1.807) is 12.1 Å². The molecule has 1 aromatic rings. The largest absolute Gasteiger partial charge is 0.491 e. The van der Waals surface area contributed by atoms with Crippen molar-refractivity contribution in [3.8, 4) is 5.75 Å². The number of primary amides is 1. The lowest BCUT2D eigenvalue weighted by atomic mass is 10.2. The average molecular weight is 252 g/mol. The summed E-state index contributed by atoms with van der Waals surface area (Å²) >= 11 is 0. The Balaban J connectivity index is 2.54. The van der Waals surface area contributed by atoms with E-state index < -0.39 is 6.03 Å². The topological polar surface area (TPSA) is 102 Å². The lowest BCUT2D eigenvalue weighted by Gasteiger charge is -2.13. The highest BCUT2D eigenvalue weighted by Crippen LogP contribution is 2.23. The summed E-state index contributed by atoms with van der Waals surface area (Å²) in [5.74, 6) is 0.718. The number of rotatable bonds is 6. The quantitative estimate of drug-likeness (QED) is 0.450. The van der Waals surface area contributed by atoms with Crippen LogP contribution < -0.4 is 26.8 Å². The van der Waals surface area contributed by atoms with Crippen LogP contribution >= 0.6 is 0 Å². The van der Waals surface area contributed by atoms with Crippen molar-refractivity contribution in [1.82, 2.24) is 5.32 Å². The van der Waals surface area contributed by atoms with E-state index >= 15 is 0 Å². The molecule has 0 atom stereocenters. The van der Waals surface area contributed by atoms with Crippen molar-refractivity contribution in [1.29, 1.82) is 0 Å². The first-order valence-corrected chi connectivity index (χ1v) is 5.82. The molecule has 6 nitrogen and oxygen atoms in total. The van der Waals surface area contributed by atoms with Gasteiger partial charge in [-0.05, 0) is 19.9 Å². The van der Waals surface area contributed by atoms with E-state index in [1.165, 1.54) is 0 Å². The number of hydrogen-bond acceptors (Lipinski definition) is 4. The van der Waals surface area contributed by atoms with E-state index in [0.29, 0.717) is 18.8 Å². The zero-order valence-electron chi connectivity index (χ0n) is 10.7. The van der Waals surface area contributed by atoms with Crippen LogP contribution in [0.15, 0.2) is 18.2 Å². The molecule has 18 heavy (non-hydrogen) atoms. The summed E-state index contributed by atoms with van der Waals surface area (Å²) in [4.78, 5) is 10.5. The van der Waals surface area contributed by atoms with E-state index in [1.807, 2.05) is 19.9 Å². The van der Waals surface area contributed by atoms with Crippen LogP contribution in [0.1, 0.15) is 13.8 Å². The van der Waals surface area contributed by atoms with Gasteiger partial charge in [0.05, 0.1) is 6.10 Å². The first-order chi connectivity index (χ1) is 8.47. The van der Waals surface area contributed by atoms with Crippen molar-refractivity contribution >= 4 is 17.4 Å². The van der Waals surface area contributed by atoms with Crippen LogP contribution in [0.5, 0.6) is 5.75 Å². The third kappa shape index (κ3) is 5.29. The summed E-state index contributed by atoms with van der Waals surface area (Å²) in [6.07, 6.45) is 0.0937. The highest BCUT2D eigenvalue weighted by Gasteiger charge is 2.02. The number of anilines is 2. The molecule has 0 heterocycles. The molecule has 0 aromatic heterocycles. The maximum Gasteiger partial charge on any atom is 0.312 e. The van der Waals surface area contributed by atoms with Gasteiger partial charge < -0.3 is 26.8 Å². The van der Waals surface area contributed by atoms with Crippen LogP contribution in [0.4, 0.5) is 16.2 Å². The summed E-state index contributed by atoms with van der Waals surface area (Å²) in [5.41, 5.74) is 12.2. The number of ether oxygens (including phenoxy) is 1. The van der Waals surface area contributed by atoms with Gasteiger partial charge >= 0.3 is 6.03 Å². The Labute approximate surface area is 107 Å². The molecule has 1 aromatic carbocycles. The van der Waals surface area contributed by atoms with Crippen molar-refractivity contribution in [3.63, 3.8) is 0 Å². The molecule has 0 unspecified atom stereocenters. The number of amides is 2. The minimum Gasteiger partial charge on any atom is -0.491 e. The molecule has 0 bridgehead atoms. The van der Waals surface area contributed by atoms with Crippen molar-refractivity contribution in [2.24, 2.45) is 5.73 Å². The smallest absolute Gasteiger partial charge is 0.312 e. The molecule has 0 aliphatic rings. The van der Waals surface area contributed by atoms with Gasteiger partial charge in [0.15, 0.2) is 0 Å². The van der Waals surface area contributed by atoms with Crippen LogP contribution in [-0.2, 0) is 0 Å². The molecule has 100 valence electrons. The van der Waals surface area contributed by atoms with E-state index in [2.05, 4.69) is 10.6 Å². The first kappa shape index (κ1) is 14.0. The molecular formula is C12H20N4O2. The Hall–Kier alpha value is -2.11. The lowest BCUT2D eigenvalue weighted by Crippen LogP contribution is -2.33. The third-order valence-electron chi connectivity index (χ3n) is 2.05. The molecule has 0 aliphatic carbocycles. The fourth-order valence-electron chi connectivity index (χ4n) is 1.46. The Kier molecular flexibility index (Phi) is 5.10. The highest BCUT2D eigenvalue weighted by molar-refractivity contribution is 5.71. The summed E-state index contributed by atoms with van der Waals surface area (Å²) in [7, 11) is 0. The van der Waals surface area contributed by atoms with Gasteiger partial charge in [-0.15, -0.1) is 0 Å². The zero-order valence-corrected chi connectivity index (χ0v) is 10.7. The molecule has 6 N–H and O–H groups in total. The number of benzene rings is 1. The number of carbonyl (C=O) groups excluding carboxylic acids is 1. The fourth-order valence-corrected chi connectivity index (χ4v) is 1.46. The number of carbonyl (C=O) groups is 1. The molecule has 2 amide bonds. The number of hydrogen-bond donors (Lipinski definition) is 4. The normalized spacial score (nSPS) is 10.2. The Morgan fingerprint density at radius 3 is 2.67 bits per heavy atom. The molecule has 0 spiro atoms. The minimum atomic E-state index is -0.534. The average Bonchev–Trinajstić information content (AvgIpc) is 2.22. The maximum atomic E-state index is 10.5. The maximum absolute atomic E-state index is 10.5. The van der Waals surface area contributed by atoms with Crippen molar-refractivity contribution in [2.75, 3.05) is 24.1 Å². The Morgan fingerprint density at radius 1 is 1.33 bits per heavy atom. The molecule has 0 saturated carbocycles. The molecule has 0 saturated heterocycles. The van der Waals surface area contributed by atoms with Gasteiger partial charge in [-0.25, -0.2) is 4.79 Å². The predicted octanol–water partition coefficient (Wildman–Crippen LogP) is 1.14. The van der Waals surface area contributed by atoms with Gasteiger partial charge in [0.1, 0.15) is 5.75 Å². The SMILES string of the molecule is CC(C)Oc1cc(N)cc(NCCNC(N)=O)c1. The molecule has 1 rings (SSSR count). The summed E-state index contributed by atoms with van der Waals surface area (Å²) in [6.45, 7) is 4.91. The number of urea groups is 1. The van der Waals surface area contributed by atoms with E-state index in [-0.39, 0.29) is 6.10 Å². The van der Waals surface area contributed by atoms with Gasteiger partial charge in [0.25, 0.3) is 0 Å². The molecule has 0 radical (unpaired) electrons. The van der Waals surface area contributed by atoms with Crippen molar-refractivity contribution < 1.29 is 9.53 Å². The second-order valence-corrected chi connectivity index (χ2v) is 4.18. The zero-order chi connectivity index (χ0) is 13.5. The van der Waals surface area contributed by atoms with Gasteiger partial charge in [-0.1, -0.05) is 0 Å². The fraction of sp³-hybridized carbons (Fsp3) is 0.417. The molecular weight excluding hydrogens is 232 g/mol. The van der Waals surface area contributed by atoms with Gasteiger partial charge in [0.2, 0.25) is 0 Å². The second-order valence-electron chi connectivity index (χ2n) is 4.18. The summed E-state index contributed by atoms with van der Waals surface area (Å²) in [6, 6.07) is 4.90. The lowest BCUT2D eigenvalue weighted by molar-refractivity contribution is 0.242. The monoisotopic (exact) mass is 252 g/mol. The first-order valence-electron chi connectivity index (χ1n) is 5.82. The van der Waals surface area contributed by atoms with E-state index in [0.717, 1.165) is 11.4 Å². The molecule has 0 fully saturated rings. The predicted molar refractivity (Wildman–Crippen MR) is 72.7 cm³/mol. The van der Waals surface area contributed by atoms with Gasteiger partial charge in [-0.2, -0.15) is 0 Å². The molecule has 0 aliphatic heterocycles. The van der Waals surface area contributed by atoms with Crippen molar-refractivity contribution in [3.05, 3.63) is 18.2 Å². The summed E-state index contributed by atoms with van der Waals surface area (Å²) in [5, 5.41) is 5.62. The van der Waals surface area contributed by atoms with Crippen molar-refractivity contribution in [2.45, 2.75) is 20.0 Å².